The molecule has 0 radical (unpaired) electrons. The maximum absolute atomic E-state index is 2.87. The second-order valence-electron chi connectivity index (χ2n) is 6.87. The van der Waals surface area contributed by atoms with Gasteiger partial charge >= 0.3 is 0 Å². The normalized spacial score (nSPS) is 47.3. The van der Waals surface area contributed by atoms with Crippen molar-refractivity contribution in [2.24, 2.45) is 11.8 Å². The van der Waals surface area contributed by atoms with Gasteiger partial charge < -0.3 is 0 Å². The molecular formula is C15H26N2. The molecular weight excluding hydrogens is 208 g/mol. The Hall–Kier alpha value is -0.0800. The van der Waals surface area contributed by atoms with Crippen LogP contribution >= 0.6 is 0 Å². The standard InChI is InChI=1S/C15H26N2/c1-3-7-16-11-13-9-12(14(16)5-1)10-17-8-4-2-6-15(13)17/h12-15H,1-11H2/t12-,13?,14+,15-/m1/s1. The van der Waals surface area contributed by atoms with E-state index < -0.39 is 0 Å². The lowest BCUT2D eigenvalue weighted by Crippen LogP contribution is -2.63. The number of hydrogen-bond acceptors (Lipinski definition) is 2. The highest BCUT2D eigenvalue weighted by Gasteiger charge is 2.46. The van der Waals surface area contributed by atoms with E-state index in [1.807, 2.05) is 0 Å². The minimum Gasteiger partial charge on any atom is -0.300 e. The molecule has 0 aromatic carbocycles. The summed E-state index contributed by atoms with van der Waals surface area (Å²) in [5, 5.41) is 0. The zero-order chi connectivity index (χ0) is 11.2. The molecule has 0 aromatic rings. The molecule has 4 aliphatic heterocycles. The Morgan fingerprint density at radius 1 is 0.647 bits per heavy atom. The Morgan fingerprint density at radius 3 is 1.71 bits per heavy atom. The first-order valence-corrected chi connectivity index (χ1v) is 7.90. The highest BCUT2D eigenvalue weighted by Crippen LogP contribution is 2.42. The minimum absolute atomic E-state index is 0.961. The van der Waals surface area contributed by atoms with E-state index in [-0.39, 0.29) is 0 Å². The Morgan fingerprint density at radius 2 is 1.18 bits per heavy atom. The van der Waals surface area contributed by atoms with Crippen LogP contribution in [-0.2, 0) is 0 Å². The fourth-order valence-electron chi connectivity index (χ4n) is 5.25. The molecule has 0 N–H and O–H groups in total. The van der Waals surface area contributed by atoms with Gasteiger partial charge in [-0.05, 0) is 57.0 Å². The zero-order valence-electron chi connectivity index (χ0n) is 11.0. The predicted octanol–water partition coefficient (Wildman–Crippen LogP) is 2.35. The first-order chi connectivity index (χ1) is 8.42. The lowest BCUT2D eigenvalue weighted by molar-refractivity contribution is -0.0718. The number of hydrogen-bond donors (Lipinski definition) is 0. The Balaban J connectivity index is 1.56. The molecule has 4 fully saturated rings. The molecule has 96 valence electrons. The molecule has 0 saturated carbocycles. The monoisotopic (exact) mass is 234 g/mol. The van der Waals surface area contributed by atoms with E-state index >= 15 is 0 Å². The number of fused-ring (bicyclic) bond motifs is 6. The van der Waals surface area contributed by atoms with Crippen molar-refractivity contribution < 1.29 is 0 Å². The quantitative estimate of drug-likeness (QED) is 0.635. The zero-order valence-corrected chi connectivity index (χ0v) is 11.0. The van der Waals surface area contributed by atoms with Crippen molar-refractivity contribution in [3.05, 3.63) is 0 Å². The average Bonchev–Trinajstić information content (AvgIpc) is 2.39. The van der Waals surface area contributed by atoms with Gasteiger partial charge in [-0.25, -0.2) is 0 Å². The van der Waals surface area contributed by atoms with Crippen LogP contribution in [0.4, 0.5) is 0 Å². The van der Waals surface area contributed by atoms with Gasteiger partial charge in [-0.1, -0.05) is 12.8 Å². The Labute approximate surface area is 105 Å². The van der Waals surface area contributed by atoms with Crippen molar-refractivity contribution in [2.75, 3.05) is 26.2 Å². The van der Waals surface area contributed by atoms with Crippen molar-refractivity contribution >= 4 is 0 Å². The lowest BCUT2D eigenvalue weighted by atomic mass is 9.71. The van der Waals surface area contributed by atoms with Crippen LogP contribution in [0.25, 0.3) is 0 Å². The number of rotatable bonds is 0. The molecule has 17 heavy (non-hydrogen) atoms. The Bertz CT molecular complexity index is 263. The molecule has 2 heteroatoms. The van der Waals surface area contributed by atoms with Gasteiger partial charge in [0.15, 0.2) is 0 Å². The van der Waals surface area contributed by atoms with E-state index in [1.165, 1.54) is 64.7 Å². The lowest BCUT2D eigenvalue weighted by Gasteiger charge is -2.57. The van der Waals surface area contributed by atoms with Crippen LogP contribution in [-0.4, -0.2) is 48.1 Å². The summed E-state index contributed by atoms with van der Waals surface area (Å²) >= 11 is 0. The van der Waals surface area contributed by atoms with Crippen LogP contribution in [0.5, 0.6) is 0 Å². The molecule has 4 saturated heterocycles. The van der Waals surface area contributed by atoms with Crippen molar-refractivity contribution in [2.45, 2.75) is 57.0 Å². The third kappa shape index (κ3) is 1.76. The van der Waals surface area contributed by atoms with Gasteiger partial charge in [0.05, 0.1) is 0 Å². The van der Waals surface area contributed by atoms with Gasteiger partial charge in [-0.2, -0.15) is 0 Å². The Kier molecular flexibility index (Phi) is 2.69. The van der Waals surface area contributed by atoms with Gasteiger partial charge in [-0.15, -0.1) is 0 Å². The minimum atomic E-state index is 0.961. The fraction of sp³-hybridized carbons (Fsp3) is 1.00. The van der Waals surface area contributed by atoms with E-state index in [9.17, 15) is 0 Å². The van der Waals surface area contributed by atoms with Crippen molar-refractivity contribution in [3.63, 3.8) is 0 Å². The smallest absolute Gasteiger partial charge is 0.0136 e. The molecule has 4 atom stereocenters. The number of piperidine rings is 4. The van der Waals surface area contributed by atoms with Gasteiger partial charge in [0, 0.05) is 25.2 Å². The maximum Gasteiger partial charge on any atom is 0.0136 e. The molecule has 0 aliphatic carbocycles. The average molecular weight is 234 g/mol. The number of nitrogens with zero attached hydrogens (tertiary/aromatic N) is 2. The summed E-state index contributed by atoms with van der Waals surface area (Å²) in [5.41, 5.74) is 0. The third-order valence-corrected chi connectivity index (χ3v) is 5.96. The highest BCUT2D eigenvalue weighted by atomic mass is 15.3. The first-order valence-electron chi connectivity index (χ1n) is 7.90. The molecule has 0 aromatic heterocycles. The fourth-order valence-corrected chi connectivity index (χ4v) is 5.25. The molecule has 0 amide bonds. The van der Waals surface area contributed by atoms with Gasteiger partial charge in [0.2, 0.25) is 0 Å². The topological polar surface area (TPSA) is 6.48 Å². The van der Waals surface area contributed by atoms with Crippen LogP contribution in [0.3, 0.4) is 0 Å². The highest BCUT2D eigenvalue weighted by molar-refractivity contribution is 5.00. The first kappa shape index (κ1) is 10.8. The summed E-state index contributed by atoms with van der Waals surface area (Å²) < 4.78 is 0. The molecule has 4 aliphatic rings. The van der Waals surface area contributed by atoms with Crippen molar-refractivity contribution in [1.29, 1.82) is 0 Å². The molecule has 4 heterocycles. The summed E-state index contributed by atoms with van der Waals surface area (Å²) in [6, 6.07) is 1.92. The van der Waals surface area contributed by atoms with Crippen molar-refractivity contribution in [3.8, 4) is 0 Å². The van der Waals surface area contributed by atoms with Gasteiger partial charge in [0.1, 0.15) is 0 Å². The van der Waals surface area contributed by atoms with Gasteiger partial charge in [-0.3, -0.25) is 9.80 Å². The second kappa shape index (κ2) is 4.24. The molecule has 2 nitrogen and oxygen atoms in total. The van der Waals surface area contributed by atoms with E-state index in [4.69, 9.17) is 0 Å². The van der Waals surface area contributed by atoms with Gasteiger partial charge in [0.25, 0.3) is 0 Å². The van der Waals surface area contributed by atoms with Crippen LogP contribution in [0.15, 0.2) is 0 Å². The summed E-state index contributed by atoms with van der Waals surface area (Å²) in [6.45, 7) is 5.68. The maximum atomic E-state index is 2.87. The molecule has 1 unspecified atom stereocenters. The van der Waals surface area contributed by atoms with Crippen LogP contribution < -0.4 is 0 Å². The molecule has 4 rings (SSSR count). The largest absolute Gasteiger partial charge is 0.300 e. The summed E-state index contributed by atoms with van der Waals surface area (Å²) in [6.07, 6.45) is 10.5. The second-order valence-corrected chi connectivity index (χ2v) is 6.87. The van der Waals surface area contributed by atoms with Crippen LogP contribution in [0.2, 0.25) is 0 Å². The van der Waals surface area contributed by atoms with E-state index in [0.717, 1.165) is 23.9 Å². The van der Waals surface area contributed by atoms with Crippen LogP contribution in [0.1, 0.15) is 44.9 Å². The molecule has 2 bridgehead atoms. The van der Waals surface area contributed by atoms with E-state index in [0.29, 0.717) is 0 Å². The summed E-state index contributed by atoms with van der Waals surface area (Å²) in [7, 11) is 0. The molecule has 0 spiro atoms. The third-order valence-electron chi connectivity index (χ3n) is 5.96. The predicted molar refractivity (Wildman–Crippen MR) is 70.0 cm³/mol. The summed E-state index contributed by atoms with van der Waals surface area (Å²) in [5.74, 6) is 2.03. The van der Waals surface area contributed by atoms with Crippen LogP contribution in [0, 0.1) is 11.8 Å². The summed E-state index contributed by atoms with van der Waals surface area (Å²) in [4.78, 5) is 5.74. The SMILES string of the molecule is C1CCN2C[C@H]3CC(CN4CCCC[C@@H]34)[C@H]2C1. The van der Waals surface area contributed by atoms with Crippen molar-refractivity contribution in [1.82, 2.24) is 9.80 Å². The van der Waals surface area contributed by atoms with E-state index in [2.05, 4.69) is 9.80 Å². The van der Waals surface area contributed by atoms with E-state index in [1.54, 1.807) is 6.42 Å².